The van der Waals surface area contributed by atoms with Gasteiger partial charge in [-0.15, -0.1) is 0 Å². The number of nitrogens with zero attached hydrogens (tertiary/aromatic N) is 1. The van der Waals surface area contributed by atoms with Crippen LogP contribution in [0.5, 0.6) is 0 Å². The first kappa shape index (κ1) is 12.0. The lowest BCUT2D eigenvalue weighted by atomic mass is 10.2. The molecule has 1 aromatic heterocycles. The van der Waals surface area contributed by atoms with E-state index >= 15 is 0 Å². The Morgan fingerprint density at radius 3 is 3.24 bits per heavy atom. The Hall–Kier alpha value is -1.42. The molecule has 0 bridgehead atoms. The molecule has 1 fully saturated rings. The quantitative estimate of drug-likeness (QED) is 0.616. The van der Waals surface area contributed by atoms with Gasteiger partial charge in [-0.05, 0) is 43.9 Å². The Bertz CT molecular complexity index is 348. The number of rotatable bonds is 5. The molecule has 1 aliphatic rings. The molecule has 1 aliphatic heterocycles. The lowest BCUT2D eigenvalue weighted by molar-refractivity contribution is -0.145. The molecule has 17 heavy (non-hydrogen) atoms. The number of aryl methyl sites for hydroxylation is 1. The maximum absolute atomic E-state index is 11.6. The maximum Gasteiger partial charge on any atom is 0.323 e. The fourth-order valence-corrected chi connectivity index (χ4v) is 1.98. The summed E-state index contributed by atoms with van der Waals surface area (Å²) in [5, 5.41) is 3.13. The summed E-state index contributed by atoms with van der Waals surface area (Å²) in [6, 6.07) is 3.88. The van der Waals surface area contributed by atoms with Crippen molar-refractivity contribution in [2.45, 2.75) is 31.7 Å². The smallest absolute Gasteiger partial charge is 0.323 e. The second-order valence-corrected chi connectivity index (χ2v) is 4.28. The summed E-state index contributed by atoms with van der Waals surface area (Å²) >= 11 is 0. The number of hydrogen-bond donors (Lipinski definition) is 1. The minimum Gasteiger partial charge on any atom is -0.465 e. The standard InChI is InChI=1S/C13H18N2O2/c16-13(12-6-2-8-15-12)17-9-3-5-11-4-1-7-14-10-11/h1,4,7,10,12,15H,2-3,5-6,8-9H2/t12-/m0/s1. The van der Waals surface area contributed by atoms with Crippen molar-refractivity contribution in [1.29, 1.82) is 0 Å². The van der Waals surface area contributed by atoms with Gasteiger partial charge >= 0.3 is 5.97 Å². The van der Waals surface area contributed by atoms with Gasteiger partial charge in [-0.1, -0.05) is 6.07 Å². The monoisotopic (exact) mass is 234 g/mol. The van der Waals surface area contributed by atoms with E-state index in [1.165, 1.54) is 5.56 Å². The molecule has 1 N–H and O–H groups in total. The van der Waals surface area contributed by atoms with Crippen LogP contribution in [0.3, 0.4) is 0 Å². The number of ether oxygens (including phenoxy) is 1. The molecule has 1 aromatic rings. The van der Waals surface area contributed by atoms with Crippen LogP contribution in [-0.2, 0) is 16.0 Å². The molecule has 1 saturated heterocycles. The zero-order chi connectivity index (χ0) is 11.9. The van der Waals surface area contributed by atoms with E-state index in [4.69, 9.17) is 4.74 Å². The highest BCUT2D eigenvalue weighted by Gasteiger charge is 2.22. The van der Waals surface area contributed by atoms with Gasteiger partial charge in [0, 0.05) is 12.4 Å². The van der Waals surface area contributed by atoms with Gasteiger partial charge in [-0.2, -0.15) is 0 Å². The second-order valence-electron chi connectivity index (χ2n) is 4.28. The van der Waals surface area contributed by atoms with Crippen LogP contribution < -0.4 is 5.32 Å². The van der Waals surface area contributed by atoms with Gasteiger partial charge in [-0.25, -0.2) is 0 Å². The average Bonchev–Trinajstić information content (AvgIpc) is 2.89. The van der Waals surface area contributed by atoms with E-state index in [-0.39, 0.29) is 12.0 Å². The van der Waals surface area contributed by atoms with Crippen molar-refractivity contribution in [2.75, 3.05) is 13.2 Å². The van der Waals surface area contributed by atoms with E-state index in [2.05, 4.69) is 10.3 Å². The van der Waals surface area contributed by atoms with Crippen LogP contribution >= 0.6 is 0 Å². The fourth-order valence-electron chi connectivity index (χ4n) is 1.98. The summed E-state index contributed by atoms with van der Waals surface area (Å²) < 4.78 is 5.23. The first-order chi connectivity index (χ1) is 8.36. The van der Waals surface area contributed by atoms with Crippen molar-refractivity contribution in [3.05, 3.63) is 30.1 Å². The van der Waals surface area contributed by atoms with Gasteiger partial charge in [0.2, 0.25) is 0 Å². The topological polar surface area (TPSA) is 51.2 Å². The molecular weight excluding hydrogens is 216 g/mol. The zero-order valence-electron chi connectivity index (χ0n) is 9.89. The molecule has 4 nitrogen and oxygen atoms in total. The zero-order valence-corrected chi connectivity index (χ0v) is 9.89. The Labute approximate surface area is 101 Å². The minimum absolute atomic E-state index is 0.0756. The van der Waals surface area contributed by atoms with E-state index in [0.29, 0.717) is 6.61 Å². The molecule has 2 heterocycles. The van der Waals surface area contributed by atoms with Crippen molar-refractivity contribution >= 4 is 5.97 Å². The Morgan fingerprint density at radius 1 is 1.59 bits per heavy atom. The van der Waals surface area contributed by atoms with Crippen LogP contribution in [0.1, 0.15) is 24.8 Å². The summed E-state index contributed by atoms with van der Waals surface area (Å²) in [7, 11) is 0. The highest BCUT2D eigenvalue weighted by Crippen LogP contribution is 2.07. The molecular formula is C13H18N2O2. The van der Waals surface area contributed by atoms with Crippen molar-refractivity contribution < 1.29 is 9.53 Å². The Kier molecular flexibility index (Phi) is 4.50. The van der Waals surface area contributed by atoms with Gasteiger partial charge in [0.15, 0.2) is 0 Å². The number of pyridine rings is 1. The number of nitrogens with one attached hydrogen (secondary N) is 1. The van der Waals surface area contributed by atoms with Crippen molar-refractivity contribution in [3.8, 4) is 0 Å². The summed E-state index contributed by atoms with van der Waals surface area (Å²) in [5.74, 6) is -0.103. The van der Waals surface area contributed by atoms with Gasteiger partial charge in [0.05, 0.1) is 6.61 Å². The van der Waals surface area contributed by atoms with Crippen LogP contribution in [-0.4, -0.2) is 30.1 Å². The SMILES string of the molecule is O=C(OCCCc1cccnc1)[C@@H]1CCCN1. The third kappa shape index (κ3) is 3.82. The van der Waals surface area contributed by atoms with Crippen LogP contribution in [0.25, 0.3) is 0 Å². The molecule has 0 amide bonds. The molecule has 0 radical (unpaired) electrons. The van der Waals surface area contributed by atoms with Gasteiger partial charge in [-0.3, -0.25) is 9.78 Å². The van der Waals surface area contributed by atoms with Crippen molar-refractivity contribution in [3.63, 3.8) is 0 Å². The summed E-state index contributed by atoms with van der Waals surface area (Å²) in [6.07, 6.45) is 7.33. The predicted octanol–water partition coefficient (Wildman–Crippen LogP) is 1.31. The summed E-state index contributed by atoms with van der Waals surface area (Å²) in [6.45, 7) is 1.42. The maximum atomic E-state index is 11.6. The lowest BCUT2D eigenvalue weighted by Crippen LogP contribution is -2.32. The fraction of sp³-hybridized carbons (Fsp3) is 0.538. The molecule has 0 aliphatic carbocycles. The molecule has 0 saturated carbocycles. The highest BCUT2D eigenvalue weighted by atomic mass is 16.5. The molecule has 0 spiro atoms. The lowest BCUT2D eigenvalue weighted by Gasteiger charge is -2.09. The van der Waals surface area contributed by atoms with E-state index in [9.17, 15) is 4.79 Å². The molecule has 92 valence electrons. The van der Waals surface area contributed by atoms with E-state index in [1.54, 1.807) is 6.20 Å². The molecule has 1 atom stereocenters. The van der Waals surface area contributed by atoms with Crippen molar-refractivity contribution in [1.82, 2.24) is 10.3 Å². The largest absolute Gasteiger partial charge is 0.465 e. The van der Waals surface area contributed by atoms with Crippen LogP contribution in [0.4, 0.5) is 0 Å². The predicted molar refractivity (Wildman–Crippen MR) is 64.5 cm³/mol. The minimum atomic E-state index is -0.103. The van der Waals surface area contributed by atoms with Crippen LogP contribution in [0.15, 0.2) is 24.5 Å². The number of esters is 1. The van der Waals surface area contributed by atoms with E-state index in [0.717, 1.165) is 32.2 Å². The van der Waals surface area contributed by atoms with E-state index < -0.39 is 0 Å². The molecule has 4 heteroatoms. The number of hydrogen-bond acceptors (Lipinski definition) is 4. The van der Waals surface area contributed by atoms with Gasteiger partial charge < -0.3 is 10.1 Å². The summed E-state index contributed by atoms with van der Waals surface area (Å²) in [4.78, 5) is 15.6. The highest BCUT2D eigenvalue weighted by molar-refractivity contribution is 5.76. The average molecular weight is 234 g/mol. The molecule has 0 unspecified atom stereocenters. The van der Waals surface area contributed by atoms with Crippen LogP contribution in [0, 0.1) is 0 Å². The summed E-state index contributed by atoms with van der Waals surface area (Å²) in [5.41, 5.74) is 1.18. The number of aromatic nitrogens is 1. The Morgan fingerprint density at radius 2 is 2.53 bits per heavy atom. The van der Waals surface area contributed by atoms with E-state index in [1.807, 2.05) is 18.3 Å². The van der Waals surface area contributed by atoms with Gasteiger partial charge in [0.1, 0.15) is 6.04 Å². The van der Waals surface area contributed by atoms with Gasteiger partial charge in [0.25, 0.3) is 0 Å². The Balaban J connectivity index is 1.61. The second kappa shape index (κ2) is 6.35. The molecule has 2 rings (SSSR count). The number of carbonyl (C=O) groups excluding carboxylic acids is 1. The first-order valence-electron chi connectivity index (χ1n) is 6.15. The third-order valence-corrected chi connectivity index (χ3v) is 2.92. The van der Waals surface area contributed by atoms with Crippen molar-refractivity contribution in [2.24, 2.45) is 0 Å². The normalized spacial score (nSPS) is 19.2. The third-order valence-electron chi connectivity index (χ3n) is 2.92. The number of carbonyl (C=O) groups is 1. The molecule has 0 aromatic carbocycles. The first-order valence-corrected chi connectivity index (χ1v) is 6.15. The van der Waals surface area contributed by atoms with Crippen LogP contribution in [0.2, 0.25) is 0 Å².